The number of ether oxygens (including phenoxy) is 3. The topological polar surface area (TPSA) is 283 Å². The van der Waals surface area contributed by atoms with Crippen molar-refractivity contribution in [1.82, 2.24) is 51.5 Å². The van der Waals surface area contributed by atoms with Crippen LogP contribution in [0.15, 0.2) is 60.7 Å². The molecule has 0 saturated carbocycles. The fourth-order valence-electron chi connectivity index (χ4n) is 8.11. The Morgan fingerprint density at radius 1 is 0.725 bits per heavy atom. The molecule has 0 aliphatic carbocycles. The molecule has 5 heterocycles. The van der Waals surface area contributed by atoms with E-state index in [-0.39, 0.29) is 70.1 Å². The van der Waals surface area contributed by atoms with Crippen molar-refractivity contribution < 1.29 is 67.0 Å². The second kappa shape index (κ2) is 22.4. The number of hydrazine groups is 4. The summed E-state index contributed by atoms with van der Waals surface area (Å²) >= 11 is 0. The molecule has 370 valence electrons. The Balaban J connectivity index is 0.000000227. The van der Waals surface area contributed by atoms with E-state index in [2.05, 4.69) is 21.5 Å². The Kier molecular flexibility index (Phi) is 16.5. The zero-order chi connectivity index (χ0) is 50.0. The minimum absolute atomic E-state index is 0.0115. The second-order valence-corrected chi connectivity index (χ2v) is 17.5. The van der Waals surface area contributed by atoms with Crippen LogP contribution in [0.4, 0.5) is 9.59 Å². The lowest BCUT2D eigenvalue weighted by Crippen LogP contribution is -2.65. The first-order valence-corrected chi connectivity index (χ1v) is 22.4. The highest BCUT2D eigenvalue weighted by atomic mass is 16.7. The molecule has 5 aliphatic heterocycles. The summed E-state index contributed by atoms with van der Waals surface area (Å²) < 4.78 is 15.3. The highest BCUT2D eigenvalue weighted by Crippen LogP contribution is 2.26. The third-order valence-corrected chi connectivity index (χ3v) is 11.3. The first-order valence-electron chi connectivity index (χ1n) is 22.4. The number of nitrogens with one attached hydrogen (secondary N) is 4. The van der Waals surface area contributed by atoms with E-state index in [0.29, 0.717) is 36.7 Å². The van der Waals surface area contributed by atoms with Gasteiger partial charge in [-0.25, -0.2) is 39.6 Å². The molecule has 24 heteroatoms. The average molecular weight is 961 g/mol. The predicted octanol–water partition coefficient (Wildman–Crippen LogP) is 0.550. The number of methoxy groups -OCH3 is 1. The van der Waals surface area contributed by atoms with Crippen molar-refractivity contribution in [2.24, 2.45) is 0 Å². The SMILES string of the molecule is CC(C)(C)OC(=O)CC(C=O)NC(=O)C1CCCN2C(=O)CCN(NC(=O)c3ccccc3)C(=O)N12.COC1OC(=O)CC1NC(=O)C1CCCN2C(=O)CCN(NC(=O)c3ccccc3)C(=O)N12. The van der Waals surface area contributed by atoms with E-state index in [9.17, 15) is 52.7 Å². The molecule has 10 amide bonds. The Hall–Kier alpha value is -7.63. The van der Waals surface area contributed by atoms with Gasteiger partial charge in [-0.2, -0.15) is 0 Å². The van der Waals surface area contributed by atoms with Crippen LogP contribution < -0.4 is 21.5 Å². The zero-order valence-electron chi connectivity index (χ0n) is 38.6. The number of hydrogen-bond donors (Lipinski definition) is 4. The molecule has 0 bridgehead atoms. The summed E-state index contributed by atoms with van der Waals surface area (Å²) in [5.74, 6) is -4.16. The predicted molar refractivity (Wildman–Crippen MR) is 236 cm³/mol. The number of nitrogens with zero attached hydrogens (tertiary/aromatic N) is 6. The van der Waals surface area contributed by atoms with Crippen molar-refractivity contribution in [2.75, 3.05) is 33.3 Å². The number of benzene rings is 2. The Morgan fingerprint density at radius 2 is 1.20 bits per heavy atom. The number of esters is 2. The van der Waals surface area contributed by atoms with Gasteiger partial charge in [-0.05, 0) is 70.7 Å². The summed E-state index contributed by atoms with van der Waals surface area (Å²) in [6, 6.07) is 11.2. The van der Waals surface area contributed by atoms with Gasteiger partial charge in [0.25, 0.3) is 11.8 Å². The molecule has 0 aromatic heterocycles. The van der Waals surface area contributed by atoms with E-state index >= 15 is 0 Å². The van der Waals surface area contributed by atoms with Crippen molar-refractivity contribution in [3.05, 3.63) is 71.8 Å². The molecule has 7 rings (SSSR count). The van der Waals surface area contributed by atoms with Gasteiger partial charge < -0.3 is 29.6 Å². The molecule has 2 aromatic rings. The highest BCUT2D eigenvalue weighted by molar-refractivity contribution is 5.98. The third kappa shape index (κ3) is 12.7. The normalized spacial score (nSPS) is 22.1. The van der Waals surface area contributed by atoms with Crippen molar-refractivity contribution in [3.63, 3.8) is 0 Å². The molecule has 0 spiro atoms. The number of urea groups is 2. The number of aldehydes is 1. The molecule has 2 aromatic carbocycles. The Labute approximate surface area is 396 Å². The minimum atomic E-state index is -1.17. The van der Waals surface area contributed by atoms with E-state index in [1.165, 1.54) is 17.1 Å². The monoisotopic (exact) mass is 960 g/mol. The van der Waals surface area contributed by atoms with E-state index in [1.54, 1.807) is 81.4 Å². The van der Waals surface area contributed by atoms with Crippen LogP contribution in [0.2, 0.25) is 0 Å². The lowest BCUT2D eigenvalue weighted by Gasteiger charge is -2.43. The quantitative estimate of drug-likeness (QED) is 0.167. The summed E-state index contributed by atoms with van der Waals surface area (Å²) in [5.41, 5.74) is 4.97. The molecule has 69 heavy (non-hydrogen) atoms. The fourth-order valence-corrected chi connectivity index (χ4v) is 8.11. The standard InChI is InChI=1S/C24H31N5O7.C21H25N5O7/c1-24(2,3)36-20(32)14-17(15-30)25-22(34)18-10-7-12-28-19(31)11-13-27(23(35)29(18)28)26-21(33)16-8-5-4-6-9-16;1-32-20-14(12-17(28)33-20)22-19(30)15-8-5-10-25-16(27)9-11-24(21(31)26(15)25)23-18(29)13-6-3-2-4-7-13/h4-6,8-9,15,17-18H,7,10-14H2,1-3H3,(H,25,34)(H,26,33);2-4,6-7,14-15,20H,5,8-12H2,1H3,(H,22,30)(H,23,29). The largest absolute Gasteiger partial charge is 0.460 e. The third-order valence-electron chi connectivity index (χ3n) is 11.3. The molecule has 24 nitrogen and oxygen atoms in total. The number of amides is 10. The van der Waals surface area contributed by atoms with E-state index in [1.807, 2.05) is 0 Å². The van der Waals surface area contributed by atoms with Gasteiger partial charge in [0.1, 0.15) is 30.0 Å². The van der Waals surface area contributed by atoms with Crippen LogP contribution in [0.25, 0.3) is 0 Å². The van der Waals surface area contributed by atoms with E-state index < -0.39 is 83.7 Å². The van der Waals surface area contributed by atoms with Crippen LogP contribution in [0.1, 0.15) is 92.9 Å². The lowest BCUT2D eigenvalue weighted by molar-refractivity contribution is -0.162. The molecule has 4 N–H and O–H groups in total. The van der Waals surface area contributed by atoms with Gasteiger partial charge in [0.15, 0.2) is 0 Å². The van der Waals surface area contributed by atoms with Crippen molar-refractivity contribution >= 4 is 65.7 Å². The van der Waals surface area contributed by atoms with E-state index in [4.69, 9.17) is 14.2 Å². The zero-order valence-corrected chi connectivity index (χ0v) is 38.6. The lowest BCUT2D eigenvalue weighted by atomic mass is 10.1. The summed E-state index contributed by atoms with van der Waals surface area (Å²) in [7, 11) is 1.36. The van der Waals surface area contributed by atoms with Gasteiger partial charge in [0.2, 0.25) is 29.9 Å². The number of fused-ring (bicyclic) bond motifs is 2. The second-order valence-electron chi connectivity index (χ2n) is 17.5. The molecule has 5 fully saturated rings. The van der Waals surface area contributed by atoms with Crippen molar-refractivity contribution in [3.8, 4) is 0 Å². The maximum Gasteiger partial charge on any atom is 0.358 e. The number of carbonyl (C=O) groups is 11. The first-order chi connectivity index (χ1) is 32.9. The summed E-state index contributed by atoms with van der Waals surface area (Å²) in [5, 5.41) is 11.8. The Morgan fingerprint density at radius 3 is 1.65 bits per heavy atom. The van der Waals surface area contributed by atoms with Gasteiger partial charge in [-0.3, -0.25) is 49.2 Å². The smallest absolute Gasteiger partial charge is 0.358 e. The van der Waals surface area contributed by atoms with Crippen LogP contribution in [-0.2, 0) is 47.8 Å². The maximum atomic E-state index is 13.4. The van der Waals surface area contributed by atoms with Gasteiger partial charge in [0, 0.05) is 44.2 Å². The summed E-state index contributed by atoms with van der Waals surface area (Å²) in [4.78, 5) is 139. The summed E-state index contributed by atoms with van der Waals surface area (Å²) in [6.07, 6.45) is 0.472. The van der Waals surface area contributed by atoms with Crippen LogP contribution in [0.5, 0.6) is 0 Å². The maximum absolute atomic E-state index is 13.4. The number of hydrogen-bond acceptors (Lipinski definition) is 14. The fraction of sp³-hybridized carbons (Fsp3) is 0.489. The molecule has 5 aliphatic rings. The molecular weight excluding hydrogens is 905 g/mol. The van der Waals surface area contributed by atoms with Crippen molar-refractivity contribution in [2.45, 2.75) is 108 Å². The van der Waals surface area contributed by atoms with Crippen LogP contribution in [0.3, 0.4) is 0 Å². The van der Waals surface area contributed by atoms with Gasteiger partial charge in [0.05, 0.1) is 32.0 Å². The first kappa shape index (κ1) is 50.8. The summed E-state index contributed by atoms with van der Waals surface area (Å²) in [6.45, 7) is 5.44. The number of rotatable bonds is 12. The number of carbonyl (C=O) groups excluding carboxylic acids is 11. The molecule has 0 radical (unpaired) electrons. The molecule has 5 atom stereocenters. The number of cyclic esters (lactones) is 1. The van der Waals surface area contributed by atoms with E-state index in [0.717, 1.165) is 20.0 Å². The van der Waals surface area contributed by atoms with Crippen LogP contribution in [-0.4, -0.2) is 165 Å². The van der Waals surface area contributed by atoms with Crippen molar-refractivity contribution in [1.29, 1.82) is 0 Å². The molecule has 5 unspecified atom stereocenters. The molecular formula is C45H56N10O14. The highest BCUT2D eigenvalue weighted by Gasteiger charge is 2.47. The minimum Gasteiger partial charge on any atom is -0.460 e. The molecule has 5 saturated heterocycles. The van der Waals surface area contributed by atoms with Crippen LogP contribution in [0, 0.1) is 0 Å². The van der Waals surface area contributed by atoms with Crippen LogP contribution >= 0.6 is 0 Å². The average Bonchev–Trinajstić information content (AvgIpc) is 3.58. The Bertz CT molecular complexity index is 2300. The van der Waals surface area contributed by atoms with Gasteiger partial charge >= 0.3 is 24.0 Å². The van der Waals surface area contributed by atoms with Gasteiger partial charge in [-0.1, -0.05) is 36.4 Å². The van der Waals surface area contributed by atoms with Gasteiger partial charge in [-0.15, -0.1) is 0 Å².